The number of hydrogen-bond donors (Lipinski definition) is 1. The van der Waals surface area contributed by atoms with Crippen molar-refractivity contribution < 1.29 is 4.74 Å². The van der Waals surface area contributed by atoms with E-state index in [1.54, 1.807) is 0 Å². The third kappa shape index (κ3) is 3.67. The molecule has 100 valence electrons. The molecule has 0 amide bonds. The molecule has 0 aromatic heterocycles. The van der Waals surface area contributed by atoms with Gasteiger partial charge < -0.3 is 10.5 Å². The maximum absolute atomic E-state index is 5.99. The Balaban J connectivity index is 1.87. The minimum atomic E-state index is 0.250. The van der Waals surface area contributed by atoms with E-state index in [4.69, 9.17) is 10.5 Å². The largest absolute Gasteiger partial charge is 0.381 e. The first-order chi connectivity index (χ1) is 8.15. The summed E-state index contributed by atoms with van der Waals surface area (Å²) in [6, 6.07) is 0.845. The van der Waals surface area contributed by atoms with Crippen LogP contribution in [0, 0.1) is 11.3 Å². The van der Waals surface area contributed by atoms with Crippen LogP contribution in [-0.2, 0) is 4.74 Å². The lowest BCUT2D eigenvalue weighted by atomic mass is 9.86. The van der Waals surface area contributed by atoms with Crippen LogP contribution in [0.3, 0.4) is 0 Å². The van der Waals surface area contributed by atoms with Crippen LogP contribution in [0.15, 0.2) is 0 Å². The van der Waals surface area contributed by atoms with E-state index in [0.29, 0.717) is 0 Å². The zero-order chi connectivity index (χ0) is 12.3. The van der Waals surface area contributed by atoms with Crippen LogP contribution in [0.1, 0.15) is 39.5 Å². The molecule has 2 N–H and O–H groups in total. The number of nitrogens with two attached hydrogens (primary N) is 1. The molecular formula is C14H28N2O. The lowest BCUT2D eigenvalue weighted by Crippen LogP contribution is -2.44. The summed E-state index contributed by atoms with van der Waals surface area (Å²) in [7, 11) is 0. The first-order valence-electron chi connectivity index (χ1n) is 7.17. The molecule has 3 heteroatoms. The quantitative estimate of drug-likeness (QED) is 0.738. The number of ether oxygens (including phenoxy) is 1. The third-order valence-corrected chi connectivity index (χ3v) is 4.21. The minimum absolute atomic E-state index is 0.250. The smallest absolute Gasteiger partial charge is 0.0547 e. The number of hydrogen-bond acceptors (Lipinski definition) is 3. The van der Waals surface area contributed by atoms with E-state index in [2.05, 4.69) is 18.7 Å². The van der Waals surface area contributed by atoms with Crippen LogP contribution in [0.2, 0.25) is 0 Å². The van der Waals surface area contributed by atoms with E-state index < -0.39 is 0 Å². The SMILES string of the molecule is CC(C)CCN(CC1(CN)CCOC1)C1CC1. The fraction of sp³-hybridized carbons (Fsp3) is 1.00. The molecule has 1 unspecified atom stereocenters. The summed E-state index contributed by atoms with van der Waals surface area (Å²) >= 11 is 0. The fourth-order valence-corrected chi connectivity index (χ4v) is 2.69. The van der Waals surface area contributed by atoms with Gasteiger partial charge in [0.1, 0.15) is 0 Å². The molecule has 1 aliphatic carbocycles. The molecule has 0 aromatic rings. The van der Waals surface area contributed by atoms with Crippen molar-refractivity contribution >= 4 is 0 Å². The first-order valence-corrected chi connectivity index (χ1v) is 7.17. The summed E-state index contributed by atoms with van der Waals surface area (Å²) in [4.78, 5) is 2.68. The lowest BCUT2D eigenvalue weighted by Gasteiger charge is -2.34. The third-order valence-electron chi connectivity index (χ3n) is 4.21. The maximum atomic E-state index is 5.99. The molecule has 1 saturated heterocycles. The number of nitrogens with zero attached hydrogens (tertiary/aromatic N) is 1. The summed E-state index contributed by atoms with van der Waals surface area (Å²) in [5, 5.41) is 0. The van der Waals surface area contributed by atoms with Gasteiger partial charge in [0.2, 0.25) is 0 Å². The van der Waals surface area contributed by atoms with Gasteiger partial charge in [-0.3, -0.25) is 4.90 Å². The van der Waals surface area contributed by atoms with E-state index >= 15 is 0 Å². The standard InChI is InChI=1S/C14H28N2O/c1-12(2)5-7-16(13-3-4-13)10-14(9-15)6-8-17-11-14/h12-13H,3-11,15H2,1-2H3. The average Bonchev–Trinajstić information content (AvgIpc) is 3.05. The summed E-state index contributed by atoms with van der Waals surface area (Å²) in [5.74, 6) is 0.796. The lowest BCUT2D eigenvalue weighted by molar-refractivity contribution is 0.108. The zero-order valence-electron chi connectivity index (χ0n) is 11.5. The van der Waals surface area contributed by atoms with Gasteiger partial charge in [-0.15, -0.1) is 0 Å². The van der Waals surface area contributed by atoms with Gasteiger partial charge in [-0.1, -0.05) is 13.8 Å². The molecular weight excluding hydrogens is 212 g/mol. The molecule has 0 radical (unpaired) electrons. The Morgan fingerprint density at radius 2 is 2.18 bits per heavy atom. The second-order valence-electron chi connectivity index (χ2n) is 6.39. The molecule has 1 aliphatic heterocycles. The Bertz CT molecular complexity index is 232. The van der Waals surface area contributed by atoms with Crippen LogP contribution in [-0.4, -0.2) is 43.8 Å². The Labute approximate surface area is 106 Å². The van der Waals surface area contributed by atoms with E-state index in [9.17, 15) is 0 Å². The van der Waals surface area contributed by atoms with E-state index in [-0.39, 0.29) is 5.41 Å². The number of rotatable bonds is 7. The van der Waals surface area contributed by atoms with Crippen LogP contribution in [0.25, 0.3) is 0 Å². The second kappa shape index (κ2) is 5.68. The van der Waals surface area contributed by atoms with Crippen LogP contribution < -0.4 is 5.73 Å². The van der Waals surface area contributed by atoms with Crippen molar-refractivity contribution in [1.29, 1.82) is 0 Å². The predicted octanol–water partition coefficient (Wildman–Crippen LogP) is 1.86. The highest BCUT2D eigenvalue weighted by atomic mass is 16.5. The topological polar surface area (TPSA) is 38.5 Å². The van der Waals surface area contributed by atoms with E-state index in [1.807, 2.05) is 0 Å². The van der Waals surface area contributed by atoms with Crippen molar-refractivity contribution in [3.8, 4) is 0 Å². The Morgan fingerprint density at radius 3 is 2.65 bits per heavy atom. The van der Waals surface area contributed by atoms with Crippen molar-refractivity contribution in [3.05, 3.63) is 0 Å². The van der Waals surface area contributed by atoms with Gasteiger partial charge in [0.25, 0.3) is 0 Å². The monoisotopic (exact) mass is 240 g/mol. The van der Waals surface area contributed by atoms with Gasteiger partial charge >= 0.3 is 0 Å². The van der Waals surface area contributed by atoms with Crippen LogP contribution in [0.5, 0.6) is 0 Å². The molecule has 3 nitrogen and oxygen atoms in total. The van der Waals surface area contributed by atoms with Crippen LogP contribution in [0.4, 0.5) is 0 Å². The Hall–Kier alpha value is -0.120. The maximum Gasteiger partial charge on any atom is 0.0547 e. The van der Waals surface area contributed by atoms with Gasteiger partial charge in [-0.25, -0.2) is 0 Å². The predicted molar refractivity (Wildman–Crippen MR) is 71.0 cm³/mol. The zero-order valence-corrected chi connectivity index (χ0v) is 11.5. The molecule has 1 atom stereocenters. The normalized spacial score (nSPS) is 29.5. The average molecular weight is 240 g/mol. The molecule has 2 rings (SSSR count). The van der Waals surface area contributed by atoms with Crippen molar-refractivity contribution in [2.75, 3.05) is 32.8 Å². The first kappa shape index (κ1) is 13.3. The fourth-order valence-electron chi connectivity index (χ4n) is 2.69. The molecule has 0 aromatic carbocycles. The molecule has 0 spiro atoms. The van der Waals surface area contributed by atoms with Crippen LogP contribution >= 0.6 is 0 Å². The van der Waals surface area contributed by atoms with Gasteiger partial charge in [-0.05, 0) is 38.1 Å². The van der Waals surface area contributed by atoms with E-state index in [0.717, 1.165) is 44.7 Å². The molecule has 1 saturated carbocycles. The summed E-state index contributed by atoms with van der Waals surface area (Å²) in [6.07, 6.45) is 5.23. The highest BCUT2D eigenvalue weighted by molar-refractivity contribution is 4.92. The Morgan fingerprint density at radius 1 is 1.41 bits per heavy atom. The Kier molecular flexibility index (Phi) is 4.45. The minimum Gasteiger partial charge on any atom is -0.381 e. The molecule has 0 bridgehead atoms. The summed E-state index contributed by atoms with van der Waals surface area (Å²) < 4.78 is 5.57. The van der Waals surface area contributed by atoms with Crippen molar-refractivity contribution in [2.24, 2.45) is 17.1 Å². The molecule has 17 heavy (non-hydrogen) atoms. The highest BCUT2D eigenvalue weighted by Gasteiger charge is 2.39. The summed E-state index contributed by atoms with van der Waals surface area (Å²) in [6.45, 7) is 9.56. The van der Waals surface area contributed by atoms with Crippen molar-refractivity contribution in [2.45, 2.75) is 45.6 Å². The highest BCUT2D eigenvalue weighted by Crippen LogP contribution is 2.34. The second-order valence-corrected chi connectivity index (χ2v) is 6.39. The van der Waals surface area contributed by atoms with Gasteiger partial charge in [-0.2, -0.15) is 0 Å². The van der Waals surface area contributed by atoms with Crippen molar-refractivity contribution in [1.82, 2.24) is 4.90 Å². The van der Waals surface area contributed by atoms with Gasteiger partial charge in [0.05, 0.1) is 6.61 Å². The summed E-state index contributed by atoms with van der Waals surface area (Å²) in [5.41, 5.74) is 6.24. The van der Waals surface area contributed by atoms with Gasteiger partial charge in [0, 0.05) is 31.2 Å². The van der Waals surface area contributed by atoms with E-state index in [1.165, 1.54) is 25.8 Å². The molecule has 2 aliphatic rings. The van der Waals surface area contributed by atoms with Gasteiger partial charge in [0.15, 0.2) is 0 Å². The molecule has 2 fully saturated rings. The van der Waals surface area contributed by atoms with Crippen molar-refractivity contribution in [3.63, 3.8) is 0 Å². The molecule has 1 heterocycles.